The zero-order valence-electron chi connectivity index (χ0n) is 15.4. The fourth-order valence-corrected chi connectivity index (χ4v) is 4.05. The standard InChI is InChI=1S/C20H24ClN3O2S/c1-2-17-7-8-18(27-17)14-22-20(26)24-11-9-23(10-12-24)19(25)13-15-3-5-16(21)6-4-15/h3-8H,2,9-14H2,1H3,(H,22,26). The van der Waals surface area contributed by atoms with E-state index in [1.165, 1.54) is 4.88 Å². The molecule has 5 nitrogen and oxygen atoms in total. The summed E-state index contributed by atoms with van der Waals surface area (Å²) in [6, 6.07) is 11.4. The average molecular weight is 406 g/mol. The SMILES string of the molecule is CCc1ccc(CNC(=O)N2CCN(C(=O)Cc3ccc(Cl)cc3)CC2)s1. The predicted molar refractivity (Wildman–Crippen MR) is 109 cm³/mol. The molecule has 0 saturated carbocycles. The molecular weight excluding hydrogens is 382 g/mol. The molecule has 0 unspecified atom stereocenters. The smallest absolute Gasteiger partial charge is 0.317 e. The van der Waals surface area contributed by atoms with E-state index in [4.69, 9.17) is 11.6 Å². The second kappa shape index (κ2) is 9.24. The maximum Gasteiger partial charge on any atom is 0.317 e. The molecule has 1 aliphatic rings. The number of halogens is 1. The highest BCUT2D eigenvalue weighted by Gasteiger charge is 2.24. The van der Waals surface area contributed by atoms with Crippen LogP contribution in [0.3, 0.4) is 0 Å². The molecule has 3 amide bonds. The molecular formula is C20H24ClN3O2S. The van der Waals surface area contributed by atoms with E-state index in [9.17, 15) is 9.59 Å². The number of hydrogen-bond donors (Lipinski definition) is 1. The van der Waals surface area contributed by atoms with Gasteiger partial charge in [-0.15, -0.1) is 11.3 Å². The molecule has 1 aliphatic heterocycles. The fourth-order valence-electron chi connectivity index (χ4n) is 3.03. The van der Waals surface area contributed by atoms with E-state index >= 15 is 0 Å². The minimum Gasteiger partial charge on any atom is -0.339 e. The number of rotatable bonds is 5. The Morgan fingerprint density at radius 1 is 1.00 bits per heavy atom. The number of aryl methyl sites for hydroxylation is 1. The number of benzene rings is 1. The van der Waals surface area contributed by atoms with Crippen LogP contribution in [-0.2, 0) is 24.2 Å². The molecule has 2 heterocycles. The number of hydrogen-bond acceptors (Lipinski definition) is 3. The number of carbonyl (C=O) groups is 2. The van der Waals surface area contributed by atoms with Crippen LogP contribution >= 0.6 is 22.9 Å². The zero-order valence-corrected chi connectivity index (χ0v) is 17.0. The third-order valence-corrected chi connectivity index (χ3v) is 6.15. The van der Waals surface area contributed by atoms with Crippen molar-refractivity contribution in [2.75, 3.05) is 26.2 Å². The quantitative estimate of drug-likeness (QED) is 0.826. The third-order valence-electron chi connectivity index (χ3n) is 4.67. The van der Waals surface area contributed by atoms with Gasteiger partial charge in [0.1, 0.15) is 0 Å². The molecule has 1 saturated heterocycles. The van der Waals surface area contributed by atoms with Crippen molar-refractivity contribution in [1.29, 1.82) is 0 Å². The average Bonchev–Trinajstić information content (AvgIpc) is 3.16. The lowest BCUT2D eigenvalue weighted by molar-refractivity contribution is -0.131. The van der Waals surface area contributed by atoms with Gasteiger partial charge in [0, 0.05) is 41.0 Å². The normalized spacial score (nSPS) is 14.3. The van der Waals surface area contributed by atoms with Crippen molar-refractivity contribution in [3.63, 3.8) is 0 Å². The highest BCUT2D eigenvalue weighted by molar-refractivity contribution is 7.11. The van der Waals surface area contributed by atoms with Gasteiger partial charge in [-0.25, -0.2) is 4.79 Å². The van der Waals surface area contributed by atoms with Crippen LogP contribution in [0.2, 0.25) is 5.02 Å². The van der Waals surface area contributed by atoms with Gasteiger partial charge in [0.15, 0.2) is 0 Å². The summed E-state index contributed by atoms with van der Waals surface area (Å²) in [5, 5.41) is 3.64. The molecule has 1 fully saturated rings. The Morgan fingerprint density at radius 3 is 2.26 bits per heavy atom. The highest BCUT2D eigenvalue weighted by Crippen LogP contribution is 2.17. The maximum absolute atomic E-state index is 12.4. The Bertz CT molecular complexity index is 783. The van der Waals surface area contributed by atoms with E-state index in [0.29, 0.717) is 44.2 Å². The molecule has 144 valence electrons. The van der Waals surface area contributed by atoms with E-state index in [1.54, 1.807) is 28.4 Å². The van der Waals surface area contributed by atoms with Gasteiger partial charge in [-0.1, -0.05) is 30.7 Å². The topological polar surface area (TPSA) is 52.7 Å². The van der Waals surface area contributed by atoms with Crippen molar-refractivity contribution >= 4 is 34.9 Å². The lowest BCUT2D eigenvalue weighted by Crippen LogP contribution is -2.53. The third kappa shape index (κ3) is 5.47. The maximum atomic E-state index is 12.4. The van der Waals surface area contributed by atoms with E-state index in [2.05, 4.69) is 24.4 Å². The van der Waals surface area contributed by atoms with Gasteiger partial charge in [-0.2, -0.15) is 0 Å². The molecule has 0 atom stereocenters. The van der Waals surface area contributed by atoms with Gasteiger partial charge in [-0.05, 0) is 36.2 Å². The molecule has 1 aromatic heterocycles. The highest BCUT2D eigenvalue weighted by atomic mass is 35.5. The van der Waals surface area contributed by atoms with Gasteiger partial charge >= 0.3 is 6.03 Å². The van der Waals surface area contributed by atoms with Crippen molar-refractivity contribution in [3.8, 4) is 0 Å². The van der Waals surface area contributed by atoms with Gasteiger partial charge in [-0.3, -0.25) is 4.79 Å². The summed E-state index contributed by atoms with van der Waals surface area (Å²) in [5.41, 5.74) is 0.951. The van der Waals surface area contributed by atoms with Crippen LogP contribution in [0, 0.1) is 0 Å². The van der Waals surface area contributed by atoms with Crippen molar-refractivity contribution in [2.45, 2.75) is 26.3 Å². The van der Waals surface area contributed by atoms with E-state index in [-0.39, 0.29) is 11.9 Å². The molecule has 0 aliphatic carbocycles. The van der Waals surface area contributed by atoms with Crippen LogP contribution < -0.4 is 5.32 Å². The van der Waals surface area contributed by atoms with Crippen molar-refractivity contribution in [1.82, 2.24) is 15.1 Å². The molecule has 2 aromatic rings. The number of carbonyl (C=O) groups excluding carboxylic acids is 2. The molecule has 0 bridgehead atoms. The van der Waals surface area contributed by atoms with Gasteiger partial charge in [0.2, 0.25) is 5.91 Å². The number of nitrogens with one attached hydrogen (secondary N) is 1. The Balaban J connectivity index is 1.42. The summed E-state index contributed by atoms with van der Waals surface area (Å²) in [4.78, 5) is 30.9. The van der Waals surface area contributed by atoms with Crippen LogP contribution in [0.1, 0.15) is 22.2 Å². The first-order valence-electron chi connectivity index (χ1n) is 9.17. The van der Waals surface area contributed by atoms with Crippen LogP contribution in [0.15, 0.2) is 36.4 Å². The minimum atomic E-state index is -0.0637. The van der Waals surface area contributed by atoms with Crippen LogP contribution in [-0.4, -0.2) is 47.9 Å². The molecule has 27 heavy (non-hydrogen) atoms. The van der Waals surface area contributed by atoms with Crippen molar-refractivity contribution in [3.05, 3.63) is 56.7 Å². The summed E-state index contributed by atoms with van der Waals surface area (Å²) in [6.45, 7) is 4.93. The van der Waals surface area contributed by atoms with Crippen molar-refractivity contribution < 1.29 is 9.59 Å². The summed E-state index contributed by atoms with van der Waals surface area (Å²) in [7, 11) is 0. The largest absolute Gasteiger partial charge is 0.339 e. The summed E-state index contributed by atoms with van der Waals surface area (Å²) < 4.78 is 0. The molecule has 1 aromatic carbocycles. The lowest BCUT2D eigenvalue weighted by atomic mass is 10.1. The van der Waals surface area contributed by atoms with Crippen LogP contribution in [0.5, 0.6) is 0 Å². The Kier molecular flexibility index (Phi) is 6.74. The van der Waals surface area contributed by atoms with Crippen LogP contribution in [0.4, 0.5) is 4.79 Å². The second-order valence-corrected chi connectivity index (χ2v) is 8.24. The second-order valence-electron chi connectivity index (χ2n) is 6.55. The number of urea groups is 1. The monoisotopic (exact) mass is 405 g/mol. The number of amides is 3. The minimum absolute atomic E-state index is 0.0637. The Hall–Kier alpha value is -2.05. The first-order valence-corrected chi connectivity index (χ1v) is 10.4. The molecule has 0 spiro atoms. The summed E-state index contributed by atoms with van der Waals surface area (Å²) in [6.07, 6.45) is 1.38. The van der Waals surface area contributed by atoms with Crippen LogP contribution in [0.25, 0.3) is 0 Å². The van der Waals surface area contributed by atoms with Gasteiger partial charge in [0.05, 0.1) is 13.0 Å². The molecule has 1 N–H and O–H groups in total. The lowest BCUT2D eigenvalue weighted by Gasteiger charge is -2.34. The molecule has 0 radical (unpaired) electrons. The van der Waals surface area contributed by atoms with E-state index in [1.807, 2.05) is 17.0 Å². The summed E-state index contributed by atoms with van der Waals surface area (Å²) in [5.74, 6) is 0.0862. The van der Waals surface area contributed by atoms with Gasteiger partial charge < -0.3 is 15.1 Å². The zero-order chi connectivity index (χ0) is 19.2. The van der Waals surface area contributed by atoms with Crippen molar-refractivity contribution in [2.24, 2.45) is 0 Å². The first kappa shape index (κ1) is 19.7. The van der Waals surface area contributed by atoms with Gasteiger partial charge in [0.25, 0.3) is 0 Å². The number of thiophene rings is 1. The number of piperazine rings is 1. The Labute approximate surface area is 168 Å². The predicted octanol–water partition coefficient (Wildman–Crippen LogP) is 3.56. The van der Waals surface area contributed by atoms with E-state index < -0.39 is 0 Å². The Morgan fingerprint density at radius 2 is 1.63 bits per heavy atom. The molecule has 3 rings (SSSR count). The fraction of sp³-hybridized carbons (Fsp3) is 0.400. The molecule has 7 heteroatoms. The summed E-state index contributed by atoms with van der Waals surface area (Å²) >= 11 is 7.61. The van der Waals surface area contributed by atoms with E-state index in [0.717, 1.165) is 16.9 Å². The number of nitrogens with zero attached hydrogens (tertiary/aromatic N) is 2. The first-order chi connectivity index (χ1) is 13.0.